The quantitative estimate of drug-likeness (QED) is 0.329. The molecular weight excluding hydrogens is 423 g/mol. The van der Waals surface area contributed by atoms with Gasteiger partial charge in [0.2, 0.25) is 6.41 Å². The average molecular weight is 453 g/mol. The number of aromatic nitrogens is 1. The van der Waals surface area contributed by atoms with Crippen molar-refractivity contribution in [3.05, 3.63) is 71.1 Å². The van der Waals surface area contributed by atoms with E-state index in [0.29, 0.717) is 17.4 Å². The molecule has 0 unspecified atom stereocenters. The van der Waals surface area contributed by atoms with Gasteiger partial charge in [-0.3, -0.25) is 9.78 Å². The average Bonchev–Trinajstić information content (AvgIpc) is 2.82. The second kappa shape index (κ2) is 12.8. The summed E-state index contributed by atoms with van der Waals surface area (Å²) in [6.45, 7) is 4.66. The number of fused-ring (bicyclic) bond motifs is 1. The standard InChI is InChI=1S/C18H22FN.C7H6ClNO.C2H2/c1-12(2)13-3-5-14(6-4-13)16-9-10-20-18-11-15(19)7-8-17(16)18;8-6-1-3-7(4-2-6)9-5-10;1-2/h7-14H,3-6H2,1-2H3;1-5H,(H,9,10);1-2H. The SMILES string of the molecule is C#C.CC(C)C1CCC(c2ccnc3cc(F)ccc23)CC1.O=CNc1ccc(Cl)cc1. The van der Waals surface area contributed by atoms with Crippen LogP contribution in [0.25, 0.3) is 10.9 Å². The van der Waals surface area contributed by atoms with E-state index < -0.39 is 0 Å². The molecule has 0 saturated heterocycles. The minimum absolute atomic E-state index is 0.203. The van der Waals surface area contributed by atoms with Gasteiger partial charge in [-0.15, -0.1) is 12.8 Å². The smallest absolute Gasteiger partial charge is 0.211 e. The van der Waals surface area contributed by atoms with E-state index >= 15 is 0 Å². The summed E-state index contributed by atoms with van der Waals surface area (Å²) in [7, 11) is 0. The Hall–Kier alpha value is -2.90. The van der Waals surface area contributed by atoms with Crippen LogP contribution in [-0.4, -0.2) is 11.4 Å². The Morgan fingerprint density at radius 1 is 1.06 bits per heavy atom. The van der Waals surface area contributed by atoms with E-state index in [4.69, 9.17) is 11.6 Å². The van der Waals surface area contributed by atoms with Gasteiger partial charge in [-0.05, 0) is 91.5 Å². The second-order valence-corrected chi connectivity index (χ2v) is 8.62. The van der Waals surface area contributed by atoms with Crippen LogP contribution in [0, 0.1) is 30.5 Å². The Kier molecular flexibility index (Phi) is 10.2. The fraction of sp³-hybridized carbons (Fsp3) is 0.333. The first-order valence-corrected chi connectivity index (χ1v) is 11.2. The number of carbonyl (C=O) groups is 1. The summed E-state index contributed by atoms with van der Waals surface area (Å²) in [5, 5.41) is 4.29. The molecule has 1 aliphatic carbocycles. The van der Waals surface area contributed by atoms with Gasteiger partial charge in [-0.2, -0.15) is 0 Å². The molecule has 168 valence electrons. The summed E-state index contributed by atoms with van der Waals surface area (Å²) in [4.78, 5) is 14.2. The maximum absolute atomic E-state index is 13.3. The molecule has 0 radical (unpaired) electrons. The van der Waals surface area contributed by atoms with Crippen LogP contribution in [0.2, 0.25) is 5.02 Å². The number of hydrogen-bond donors (Lipinski definition) is 1. The zero-order valence-corrected chi connectivity index (χ0v) is 19.4. The lowest BCUT2D eigenvalue weighted by Gasteiger charge is -2.31. The Bertz CT molecular complexity index is 1010. The van der Waals surface area contributed by atoms with E-state index in [-0.39, 0.29) is 5.82 Å². The molecule has 0 aliphatic heterocycles. The number of pyridine rings is 1. The third kappa shape index (κ3) is 7.07. The lowest BCUT2D eigenvalue weighted by molar-refractivity contribution is -0.105. The van der Waals surface area contributed by atoms with Crippen LogP contribution >= 0.6 is 11.6 Å². The van der Waals surface area contributed by atoms with Gasteiger partial charge in [0.25, 0.3) is 0 Å². The molecule has 4 rings (SSSR count). The fourth-order valence-electron chi connectivity index (χ4n) is 4.21. The van der Waals surface area contributed by atoms with Crippen molar-refractivity contribution in [3.63, 3.8) is 0 Å². The zero-order chi connectivity index (χ0) is 23.5. The number of nitrogens with one attached hydrogen (secondary N) is 1. The van der Waals surface area contributed by atoms with E-state index in [2.05, 4.69) is 43.1 Å². The van der Waals surface area contributed by atoms with Gasteiger partial charge in [0, 0.05) is 28.4 Å². The number of carbonyl (C=O) groups excluding carboxylic acids is 1. The molecule has 2 aromatic carbocycles. The number of halogens is 2. The molecule has 1 fully saturated rings. The summed E-state index contributed by atoms with van der Waals surface area (Å²) in [6, 6.07) is 14.0. The summed E-state index contributed by atoms with van der Waals surface area (Å²) in [5.41, 5.74) is 2.89. The van der Waals surface area contributed by atoms with E-state index in [1.807, 2.05) is 12.3 Å². The predicted molar refractivity (Wildman–Crippen MR) is 132 cm³/mol. The van der Waals surface area contributed by atoms with Crippen LogP contribution in [0.15, 0.2) is 54.7 Å². The highest BCUT2D eigenvalue weighted by Crippen LogP contribution is 2.40. The summed E-state index contributed by atoms with van der Waals surface area (Å²) in [5.74, 6) is 2.07. The highest BCUT2D eigenvalue weighted by molar-refractivity contribution is 6.30. The molecular formula is C27H30ClFN2O. The molecule has 1 heterocycles. The number of benzene rings is 2. The topological polar surface area (TPSA) is 42.0 Å². The van der Waals surface area contributed by atoms with Crippen molar-refractivity contribution in [1.82, 2.24) is 4.98 Å². The Morgan fingerprint density at radius 3 is 2.31 bits per heavy atom. The van der Waals surface area contributed by atoms with Crippen molar-refractivity contribution in [1.29, 1.82) is 0 Å². The van der Waals surface area contributed by atoms with Gasteiger partial charge in [-0.1, -0.05) is 25.4 Å². The van der Waals surface area contributed by atoms with Gasteiger partial charge in [0.1, 0.15) is 5.82 Å². The van der Waals surface area contributed by atoms with Crippen molar-refractivity contribution in [2.45, 2.75) is 45.4 Å². The zero-order valence-electron chi connectivity index (χ0n) is 18.6. The van der Waals surface area contributed by atoms with Crippen molar-refractivity contribution in [3.8, 4) is 12.8 Å². The number of nitrogens with zero attached hydrogens (tertiary/aromatic N) is 1. The molecule has 32 heavy (non-hydrogen) atoms. The van der Waals surface area contributed by atoms with E-state index in [1.54, 1.807) is 36.4 Å². The molecule has 3 nitrogen and oxygen atoms in total. The summed E-state index contributed by atoms with van der Waals surface area (Å²) < 4.78 is 13.3. The first kappa shape index (κ1) is 25.4. The minimum Gasteiger partial charge on any atom is -0.329 e. The van der Waals surface area contributed by atoms with Gasteiger partial charge in [0.05, 0.1) is 5.52 Å². The summed E-state index contributed by atoms with van der Waals surface area (Å²) in [6.07, 6.45) is 15.6. The number of amides is 1. The number of rotatable bonds is 4. The fourth-order valence-corrected chi connectivity index (χ4v) is 4.34. The van der Waals surface area contributed by atoms with Crippen LogP contribution in [0.3, 0.4) is 0 Å². The molecule has 1 aromatic heterocycles. The largest absolute Gasteiger partial charge is 0.329 e. The van der Waals surface area contributed by atoms with Crippen LogP contribution in [0.4, 0.5) is 10.1 Å². The Balaban J connectivity index is 0.000000255. The van der Waals surface area contributed by atoms with Gasteiger partial charge < -0.3 is 5.32 Å². The number of terminal acetylenes is 1. The molecule has 0 spiro atoms. The maximum Gasteiger partial charge on any atom is 0.211 e. The Labute approximate surface area is 195 Å². The van der Waals surface area contributed by atoms with Crippen LogP contribution in [0.5, 0.6) is 0 Å². The maximum atomic E-state index is 13.3. The third-order valence-corrected chi connectivity index (χ3v) is 6.21. The molecule has 1 N–H and O–H groups in total. The Morgan fingerprint density at radius 2 is 1.72 bits per heavy atom. The molecule has 0 atom stereocenters. The molecule has 3 aromatic rings. The van der Waals surface area contributed by atoms with Gasteiger partial charge >= 0.3 is 0 Å². The van der Waals surface area contributed by atoms with E-state index in [9.17, 15) is 9.18 Å². The van der Waals surface area contributed by atoms with Crippen molar-refractivity contribution >= 4 is 34.6 Å². The summed E-state index contributed by atoms with van der Waals surface area (Å²) >= 11 is 5.60. The highest BCUT2D eigenvalue weighted by atomic mass is 35.5. The van der Waals surface area contributed by atoms with Crippen molar-refractivity contribution in [2.24, 2.45) is 11.8 Å². The first-order chi connectivity index (χ1) is 15.5. The normalized spacial score (nSPS) is 17.5. The predicted octanol–water partition coefficient (Wildman–Crippen LogP) is 7.46. The van der Waals surface area contributed by atoms with E-state index in [0.717, 1.165) is 28.4 Å². The minimum atomic E-state index is -0.203. The molecule has 0 bridgehead atoms. The van der Waals surface area contributed by atoms with Crippen molar-refractivity contribution in [2.75, 3.05) is 5.32 Å². The second-order valence-electron chi connectivity index (χ2n) is 8.19. The van der Waals surface area contributed by atoms with E-state index in [1.165, 1.54) is 31.2 Å². The van der Waals surface area contributed by atoms with Crippen molar-refractivity contribution < 1.29 is 9.18 Å². The molecule has 5 heteroatoms. The monoisotopic (exact) mass is 452 g/mol. The molecule has 1 saturated carbocycles. The molecule has 1 amide bonds. The molecule has 1 aliphatic rings. The lowest BCUT2D eigenvalue weighted by Crippen LogP contribution is -2.17. The number of anilines is 1. The first-order valence-electron chi connectivity index (χ1n) is 10.8. The number of hydrogen-bond acceptors (Lipinski definition) is 2. The van der Waals surface area contributed by atoms with Crippen LogP contribution in [0.1, 0.15) is 51.0 Å². The van der Waals surface area contributed by atoms with Gasteiger partial charge in [-0.25, -0.2) is 4.39 Å². The van der Waals surface area contributed by atoms with Crippen LogP contribution in [-0.2, 0) is 4.79 Å². The van der Waals surface area contributed by atoms with Crippen LogP contribution < -0.4 is 5.32 Å². The third-order valence-electron chi connectivity index (χ3n) is 5.96. The van der Waals surface area contributed by atoms with Gasteiger partial charge in [0.15, 0.2) is 0 Å². The highest BCUT2D eigenvalue weighted by Gasteiger charge is 2.25. The lowest BCUT2D eigenvalue weighted by atomic mass is 9.74.